The Hall–Kier alpha value is -3.57. The number of halogens is 2. The van der Waals surface area contributed by atoms with Crippen LogP contribution in [-0.2, 0) is 15.3 Å². The Morgan fingerprint density at radius 2 is 1.76 bits per heavy atom. The van der Waals surface area contributed by atoms with Crippen molar-refractivity contribution in [2.24, 2.45) is 5.92 Å². The number of nitrogens with zero attached hydrogens (tertiary/aromatic N) is 3. The van der Waals surface area contributed by atoms with Crippen molar-refractivity contribution >= 4 is 68.9 Å². The average molecular weight is 699 g/mol. The highest BCUT2D eigenvalue weighted by molar-refractivity contribution is 8.00. The summed E-state index contributed by atoms with van der Waals surface area (Å²) in [6, 6.07) is 18.3. The summed E-state index contributed by atoms with van der Waals surface area (Å²) in [6.07, 6.45) is 1.72. The lowest BCUT2D eigenvalue weighted by Gasteiger charge is -2.23. The van der Waals surface area contributed by atoms with Crippen LogP contribution in [-0.4, -0.2) is 40.2 Å². The summed E-state index contributed by atoms with van der Waals surface area (Å²) in [6.45, 7) is 7.32. The molecular weight excluding hydrogens is 665 g/mol. The first kappa shape index (κ1) is 33.8. The molecule has 1 atom stereocenters. The predicted molar refractivity (Wildman–Crippen MR) is 184 cm³/mol. The summed E-state index contributed by atoms with van der Waals surface area (Å²) in [5, 5.41) is 21.5. The zero-order valence-electron chi connectivity index (χ0n) is 25.5. The summed E-state index contributed by atoms with van der Waals surface area (Å²) >= 11 is 15.0. The van der Waals surface area contributed by atoms with Gasteiger partial charge in [-0.05, 0) is 78.4 Å². The number of hydrogen-bond donors (Lipinski definition) is 1. The van der Waals surface area contributed by atoms with Crippen molar-refractivity contribution in [2.45, 2.75) is 49.7 Å². The van der Waals surface area contributed by atoms with Gasteiger partial charge in [0.15, 0.2) is 4.34 Å². The van der Waals surface area contributed by atoms with Crippen LogP contribution >= 0.6 is 46.3 Å². The SMILES string of the molecule is CCCOc1ccc(/C(O)=C2\C(=O)C(=O)N(c3nnc(SCc4ccc(Cl)cc4Cl)s3)C2c2cccc(OCCC(C)C)c2)cc1. The lowest BCUT2D eigenvalue weighted by Crippen LogP contribution is -2.29. The van der Waals surface area contributed by atoms with Crippen molar-refractivity contribution in [1.82, 2.24) is 10.2 Å². The molecule has 1 saturated heterocycles. The molecule has 240 valence electrons. The molecule has 0 radical (unpaired) electrons. The molecule has 1 aliphatic rings. The van der Waals surface area contributed by atoms with Crippen LogP contribution in [0.4, 0.5) is 5.13 Å². The average Bonchev–Trinajstić information content (AvgIpc) is 3.61. The third kappa shape index (κ3) is 7.86. The lowest BCUT2D eigenvalue weighted by molar-refractivity contribution is -0.132. The van der Waals surface area contributed by atoms with Gasteiger partial charge in [0.1, 0.15) is 17.3 Å². The lowest BCUT2D eigenvalue weighted by atomic mass is 9.95. The third-order valence-corrected chi connectivity index (χ3v) is 9.84. The highest BCUT2D eigenvalue weighted by Gasteiger charge is 2.48. The molecule has 1 N–H and O–H groups in total. The van der Waals surface area contributed by atoms with Crippen molar-refractivity contribution in [2.75, 3.05) is 18.1 Å². The Kier molecular flexibility index (Phi) is 11.3. The third-order valence-electron chi connectivity index (χ3n) is 7.15. The van der Waals surface area contributed by atoms with Gasteiger partial charge in [0.25, 0.3) is 5.78 Å². The van der Waals surface area contributed by atoms with Gasteiger partial charge in [-0.2, -0.15) is 0 Å². The van der Waals surface area contributed by atoms with Gasteiger partial charge in [0.05, 0.1) is 24.8 Å². The molecule has 1 aliphatic heterocycles. The van der Waals surface area contributed by atoms with Gasteiger partial charge < -0.3 is 14.6 Å². The number of Topliss-reactive ketones (excluding diaryl/α,β-unsaturated/α-hetero) is 1. The van der Waals surface area contributed by atoms with Gasteiger partial charge in [0.2, 0.25) is 5.13 Å². The fourth-order valence-electron chi connectivity index (χ4n) is 4.75. The van der Waals surface area contributed by atoms with Gasteiger partial charge in [-0.15, -0.1) is 10.2 Å². The molecule has 0 spiro atoms. The van der Waals surface area contributed by atoms with Crippen molar-refractivity contribution in [1.29, 1.82) is 0 Å². The van der Waals surface area contributed by atoms with E-state index in [1.807, 2.05) is 19.1 Å². The van der Waals surface area contributed by atoms with Crippen molar-refractivity contribution < 1.29 is 24.2 Å². The van der Waals surface area contributed by atoms with Gasteiger partial charge in [-0.3, -0.25) is 14.5 Å². The van der Waals surface area contributed by atoms with E-state index in [0.717, 1.165) is 18.4 Å². The minimum Gasteiger partial charge on any atom is -0.507 e. The molecule has 0 bridgehead atoms. The number of thioether (sulfide) groups is 1. The minimum atomic E-state index is -0.971. The Bertz CT molecular complexity index is 1740. The van der Waals surface area contributed by atoms with Crippen molar-refractivity contribution in [3.05, 3.63) is 99.0 Å². The number of anilines is 1. The number of carbonyl (C=O) groups excluding carboxylic acids is 2. The van der Waals surface area contributed by atoms with Crippen LogP contribution in [0.3, 0.4) is 0 Å². The molecule has 3 aromatic carbocycles. The first-order valence-corrected chi connectivity index (χ1v) is 17.4. The maximum Gasteiger partial charge on any atom is 0.301 e. The van der Waals surface area contributed by atoms with Gasteiger partial charge in [-0.25, -0.2) is 0 Å². The maximum atomic E-state index is 13.7. The predicted octanol–water partition coefficient (Wildman–Crippen LogP) is 8.98. The summed E-state index contributed by atoms with van der Waals surface area (Å²) in [4.78, 5) is 28.7. The first-order valence-electron chi connectivity index (χ1n) is 14.8. The molecule has 46 heavy (non-hydrogen) atoms. The number of carbonyl (C=O) groups is 2. The van der Waals surface area contributed by atoms with Crippen molar-refractivity contribution in [3.63, 3.8) is 0 Å². The first-order chi connectivity index (χ1) is 22.2. The Balaban J connectivity index is 1.51. The van der Waals surface area contributed by atoms with Crippen LogP contribution < -0.4 is 14.4 Å². The summed E-state index contributed by atoms with van der Waals surface area (Å²) < 4.78 is 12.3. The standard InChI is InChI=1S/C34H33Cl2N3O5S2/c1-4-15-43-25-12-9-21(10-13-25)30(40)28-29(22-6-5-7-26(17-22)44-16-14-20(2)3)39(32(42)31(28)41)33-37-38-34(46-33)45-19-23-8-11-24(35)18-27(23)36/h5-13,17-18,20,29,40H,4,14-16,19H2,1-3H3/b30-28+. The van der Waals surface area contributed by atoms with E-state index in [1.165, 1.54) is 28.0 Å². The van der Waals surface area contributed by atoms with E-state index in [4.69, 9.17) is 32.7 Å². The van der Waals surface area contributed by atoms with Crippen LogP contribution in [0.15, 0.2) is 76.6 Å². The van der Waals surface area contributed by atoms with Crippen LogP contribution in [0.25, 0.3) is 5.76 Å². The smallest absolute Gasteiger partial charge is 0.301 e. The number of amides is 1. The Morgan fingerprint density at radius 3 is 2.48 bits per heavy atom. The molecule has 0 aliphatic carbocycles. The molecule has 8 nitrogen and oxygen atoms in total. The molecule has 4 aromatic rings. The molecule has 2 heterocycles. The van der Waals surface area contributed by atoms with Crippen LogP contribution in [0.1, 0.15) is 56.3 Å². The van der Waals surface area contributed by atoms with E-state index in [1.54, 1.807) is 54.6 Å². The van der Waals surface area contributed by atoms with Crippen LogP contribution in [0, 0.1) is 5.92 Å². The zero-order valence-corrected chi connectivity index (χ0v) is 28.7. The topological polar surface area (TPSA) is 102 Å². The zero-order chi connectivity index (χ0) is 32.8. The molecule has 1 fully saturated rings. The molecular formula is C34H33Cl2N3O5S2. The van der Waals surface area contributed by atoms with Crippen LogP contribution in [0.2, 0.25) is 10.0 Å². The Morgan fingerprint density at radius 1 is 1.00 bits per heavy atom. The number of ketones is 1. The van der Waals surface area contributed by atoms with E-state index in [9.17, 15) is 14.7 Å². The number of rotatable bonds is 13. The van der Waals surface area contributed by atoms with E-state index >= 15 is 0 Å². The maximum absolute atomic E-state index is 13.7. The fourth-order valence-corrected chi connectivity index (χ4v) is 7.18. The summed E-state index contributed by atoms with van der Waals surface area (Å²) in [5.41, 5.74) is 1.78. The monoisotopic (exact) mass is 697 g/mol. The Labute approximate surface area is 286 Å². The van der Waals surface area contributed by atoms with Crippen LogP contribution in [0.5, 0.6) is 11.5 Å². The molecule has 5 rings (SSSR count). The number of benzene rings is 3. The number of aromatic nitrogens is 2. The normalized spacial score (nSPS) is 16.0. The number of aliphatic hydroxyl groups is 1. The second-order valence-corrected chi connectivity index (χ2v) is 14.0. The molecule has 1 amide bonds. The molecule has 1 aromatic heterocycles. The van der Waals surface area contributed by atoms with E-state index in [0.29, 0.717) is 61.9 Å². The van der Waals surface area contributed by atoms with E-state index in [-0.39, 0.29) is 16.5 Å². The quantitative estimate of drug-likeness (QED) is 0.0486. The second kappa shape index (κ2) is 15.3. The largest absolute Gasteiger partial charge is 0.507 e. The minimum absolute atomic E-state index is 0.0519. The highest BCUT2D eigenvalue weighted by Crippen LogP contribution is 2.45. The summed E-state index contributed by atoms with van der Waals surface area (Å²) in [5.74, 6) is 0.270. The van der Waals surface area contributed by atoms with E-state index in [2.05, 4.69) is 24.0 Å². The van der Waals surface area contributed by atoms with Gasteiger partial charge in [0, 0.05) is 21.4 Å². The molecule has 1 unspecified atom stereocenters. The molecule has 0 saturated carbocycles. The number of aliphatic hydroxyl groups excluding tert-OH is 1. The van der Waals surface area contributed by atoms with E-state index < -0.39 is 17.7 Å². The number of ether oxygens (including phenoxy) is 2. The fraction of sp³-hybridized carbons (Fsp3) is 0.294. The second-order valence-electron chi connectivity index (χ2n) is 11.0. The van der Waals surface area contributed by atoms with Gasteiger partial charge in [-0.1, -0.05) is 85.3 Å². The number of hydrogen-bond acceptors (Lipinski definition) is 9. The summed E-state index contributed by atoms with van der Waals surface area (Å²) in [7, 11) is 0. The highest BCUT2D eigenvalue weighted by atomic mass is 35.5. The molecule has 12 heteroatoms. The van der Waals surface area contributed by atoms with Gasteiger partial charge >= 0.3 is 5.91 Å². The van der Waals surface area contributed by atoms with Crippen molar-refractivity contribution in [3.8, 4) is 11.5 Å².